The monoisotopic (exact) mass is 234 g/mol. The normalized spacial score (nSPS) is 7.20. The van der Waals surface area contributed by atoms with Gasteiger partial charge in [0, 0.05) is 20.4 Å². The van der Waals surface area contributed by atoms with Crippen molar-refractivity contribution in [3.63, 3.8) is 0 Å². The molecule has 0 saturated carbocycles. The summed E-state index contributed by atoms with van der Waals surface area (Å²) in [6, 6.07) is 0. The molecule has 0 bridgehead atoms. The molecule has 0 fully saturated rings. The SMILES string of the molecule is [O-][Br+2]([O-])O.[Pd]. The number of hydrogen-bond acceptors (Lipinski definition) is 3. The van der Waals surface area contributed by atoms with E-state index in [9.17, 15) is 0 Å². The van der Waals surface area contributed by atoms with Gasteiger partial charge in [0.2, 0.25) is 0 Å². The molecule has 0 radical (unpaired) electrons. The van der Waals surface area contributed by atoms with Crippen LogP contribution < -0.4 is 8.40 Å². The Bertz CT molecular complexity index is 11.6. The number of rotatable bonds is 0. The minimum absolute atomic E-state index is 0. The molecule has 36 valence electrons. The van der Waals surface area contributed by atoms with Crippen LogP contribution >= 0.6 is 0 Å². The van der Waals surface area contributed by atoms with E-state index in [0.29, 0.717) is 0 Å². The minimum Gasteiger partial charge on any atom is -0.372 e. The van der Waals surface area contributed by atoms with Crippen molar-refractivity contribution < 1.29 is 47.8 Å². The van der Waals surface area contributed by atoms with E-state index in [0.717, 1.165) is 0 Å². The predicted octanol–water partition coefficient (Wildman–Crippen LogP) is -2.94. The fourth-order valence-electron chi connectivity index (χ4n) is 0. The molecule has 0 aromatic heterocycles. The number of halogens is 1. The van der Waals surface area contributed by atoms with Crippen LogP contribution in [0.2, 0.25) is 0 Å². The summed E-state index contributed by atoms with van der Waals surface area (Å²) in [6.07, 6.45) is 0. The standard InChI is InChI=1S/BrHO3.Pd/c2-1(3)4;/h2H;. The fraction of sp³-hybridized carbons (Fsp3) is 0. The summed E-state index contributed by atoms with van der Waals surface area (Å²) in [5.41, 5.74) is 0. The first kappa shape index (κ1) is 9.39. The summed E-state index contributed by atoms with van der Waals surface area (Å²) >= 11 is -3.40. The third kappa shape index (κ3) is 43.9. The Morgan fingerprint density at radius 3 is 1.40 bits per heavy atom. The predicted molar refractivity (Wildman–Crippen MR) is 2.22 cm³/mol. The average molecular weight is 235 g/mol. The van der Waals surface area contributed by atoms with Gasteiger partial charge in [0.25, 0.3) is 0 Å². The molecule has 1 N–H and O–H groups in total. The first-order chi connectivity index (χ1) is 1.73. The van der Waals surface area contributed by atoms with Crippen LogP contribution in [-0.4, -0.2) is 4.20 Å². The Balaban J connectivity index is 0. The summed E-state index contributed by atoms with van der Waals surface area (Å²) in [6.45, 7) is 0. The molecule has 0 heterocycles. The summed E-state index contributed by atoms with van der Waals surface area (Å²) in [5.74, 6) is 0. The Morgan fingerprint density at radius 2 is 1.40 bits per heavy atom. The molecule has 0 atom stereocenters. The van der Waals surface area contributed by atoms with Gasteiger partial charge >= 0.3 is 14.8 Å². The molecule has 5 heteroatoms. The molecule has 0 saturated heterocycles. The maximum atomic E-state index is 8.63. The van der Waals surface area contributed by atoms with Gasteiger partial charge in [-0.15, -0.1) is 0 Å². The van der Waals surface area contributed by atoms with Gasteiger partial charge in [0.1, 0.15) is 0 Å². The Morgan fingerprint density at radius 1 is 1.40 bits per heavy atom. The van der Waals surface area contributed by atoms with E-state index < -0.39 is 14.8 Å². The Kier molecular flexibility index (Phi) is 9.43. The summed E-state index contributed by atoms with van der Waals surface area (Å²) < 4.78 is 24.3. The van der Waals surface area contributed by atoms with E-state index in [-0.39, 0.29) is 20.4 Å². The zero-order chi connectivity index (χ0) is 3.58. The van der Waals surface area contributed by atoms with Gasteiger partial charge < -0.3 is 8.40 Å². The molecule has 5 heavy (non-hydrogen) atoms. The van der Waals surface area contributed by atoms with Crippen LogP contribution in [0.3, 0.4) is 0 Å². The third-order valence-corrected chi connectivity index (χ3v) is 0. The van der Waals surface area contributed by atoms with Crippen LogP contribution in [0.4, 0.5) is 0 Å². The average Bonchev–Trinajstić information content (AvgIpc) is 0.811. The topological polar surface area (TPSA) is 66.3 Å². The van der Waals surface area contributed by atoms with Crippen molar-refractivity contribution >= 4 is 0 Å². The second-order valence-electron chi connectivity index (χ2n) is 0.201. The fourth-order valence-corrected chi connectivity index (χ4v) is 0. The van der Waals surface area contributed by atoms with E-state index in [1.807, 2.05) is 0 Å². The summed E-state index contributed by atoms with van der Waals surface area (Å²) in [7, 11) is 0. The van der Waals surface area contributed by atoms with E-state index in [1.54, 1.807) is 0 Å². The summed E-state index contributed by atoms with van der Waals surface area (Å²) in [5, 5.41) is 0. The molecule has 0 unspecified atom stereocenters. The molecule has 0 aliphatic rings. The van der Waals surface area contributed by atoms with Gasteiger partial charge in [-0.05, 0) is 4.20 Å². The van der Waals surface area contributed by atoms with Crippen molar-refractivity contribution in [1.82, 2.24) is 0 Å². The molecular formula is HBrO3Pd. The van der Waals surface area contributed by atoms with Gasteiger partial charge in [-0.2, -0.15) is 0 Å². The Labute approximate surface area is 48.1 Å². The van der Waals surface area contributed by atoms with Gasteiger partial charge in [0.15, 0.2) is 0 Å². The molecule has 0 rings (SSSR count). The zero-order valence-corrected chi connectivity index (χ0v) is 5.10. The molecule has 0 aliphatic heterocycles. The number of hydrogen-bond donors (Lipinski definition) is 1. The molecule has 0 aliphatic carbocycles. The van der Waals surface area contributed by atoms with Crippen LogP contribution in [-0.2, 0) is 20.4 Å². The van der Waals surface area contributed by atoms with Gasteiger partial charge in [-0.1, -0.05) is 0 Å². The van der Waals surface area contributed by atoms with Gasteiger partial charge in [-0.3, -0.25) is 0 Å². The molecule has 0 amide bonds. The largest absolute Gasteiger partial charge is 0.433 e. The van der Waals surface area contributed by atoms with Crippen LogP contribution in [0.5, 0.6) is 0 Å². The van der Waals surface area contributed by atoms with Crippen molar-refractivity contribution in [2.75, 3.05) is 0 Å². The van der Waals surface area contributed by atoms with Crippen LogP contribution in [0.15, 0.2) is 0 Å². The van der Waals surface area contributed by atoms with Gasteiger partial charge in [-0.25, -0.2) is 0 Å². The first-order valence-electron chi connectivity index (χ1n) is 0.478. The third-order valence-electron chi connectivity index (χ3n) is 0. The second kappa shape index (κ2) is 5.02. The maximum Gasteiger partial charge on any atom is 0.433 e. The van der Waals surface area contributed by atoms with Crippen molar-refractivity contribution in [2.45, 2.75) is 0 Å². The van der Waals surface area contributed by atoms with Crippen LogP contribution in [0.1, 0.15) is 0 Å². The molecular weight excluding hydrogens is 234 g/mol. The van der Waals surface area contributed by atoms with E-state index in [4.69, 9.17) is 12.6 Å². The molecule has 0 aromatic carbocycles. The van der Waals surface area contributed by atoms with E-state index in [2.05, 4.69) is 0 Å². The van der Waals surface area contributed by atoms with E-state index >= 15 is 0 Å². The quantitative estimate of drug-likeness (QED) is 0.457. The van der Waals surface area contributed by atoms with Crippen molar-refractivity contribution in [2.24, 2.45) is 0 Å². The molecule has 0 aromatic rings. The first-order valence-corrected chi connectivity index (χ1v) is 2.48. The Hall–Kier alpha value is 1.02. The van der Waals surface area contributed by atoms with Crippen LogP contribution in [0.25, 0.3) is 0 Å². The zero-order valence-electron chi connectivity index (χ0n) is 1.96. The van der Waals surface area contributed by atoms with Crippen molar-refractivity contribution in [3.05, 3.63) is 0 Å². The summed E-state index contributed by atoms with van der Waals surface area (Å²) in [4.78, 5) is 0. The van der Waals surface area contributed by atoms with Crippen molar-refractivity contribution in [1.29, 1.82) is 0 Å². The maximum absolute atomic E-state index is 8.63. The van der Waals surface area contributed by atoms with Gasteiger partial charge in [0.05, 0.1) is 0 Å². The smallest absolute Gasteiger partial charge is 0.372 e. The molecule has 0 spiro atoms. The van der Waals surface area contributed by atoms with Crippen LogP contribution in [0, 0.1) is 14.8 Å². The van der Waals surface area contributed by atoms with E-state index in [1.165, 1.54) is 0 Å². The minimum atomic E-state index is -3.40. The second-order valence-corrected chi connectivity index (χ2v) is 1.04. The van der Waals surface area contributed by atoms with Crippen molar-refractivity contribution in [3.8, 4) is 0 Å². The molecule has 3 nitrogen and oxygen atoms in total.